The number of aromatic nitrogens is 3. The maximum absolute atomic E-state index is 12.8. The molecule has 0 saturated carbocycles. The van der Waals surface area contributed by atoms with Gasteiger partial charge in [0.15, 0.2) is 11.8 Å². The molecule has 0 aliphatic carbocycles. The summed E-state index contributed by atoms with van der Waals surface area (Å²) in [4.78, 5) is 40.3. The summed E-state index contributed by atoms with van der Waals surface area (Å²) in [6.45, 7) is 6.76. The van der Waals surface area contributed by atoms with Crippen LogP contribution in [0, 0.1) is 13.8 Å². The fraction of sp³-hybridized carbons (Fsp3) is 0.300. The second-order valence-corrected chi connectivity index (χ2v) is 6.38. The Morgan fingerprint density at radius 2 is 1.86 bits per heavy atom. The van der Waals surface area contributed by atoms with Gasteiger partial charge in [0.25, 0.3) is 0 Å². The van der Waals surface area contributed by atoms with Crippen molar-refractivity contribution in [3.05, 3.63) is 52.5 Å². The van der Waals surface area contributed by atoms with Crippen LogP contribution < -0.4 is 0 Å². The van der Waals surface area contributed by atoms with Crippen LogP contribution in [0.15, 0.2) is 24.3 Å². The number of aromatic amines is 2. The Labute approximate surface area is 161 Å². The lowest BCUT2D eigenvalue weighted by Crippen LogP contribution is -2.25. The van der Waals surface area contributed by atoms with E-state index in [0.29, 0.717) is 27.7 Å². The molecule has 28 heavy (non-hydrogen) atoms. The molecule has 0 amide bonds. The van der Waals surface area contributed by atoms with Gasteiger partial charge in [-0.2, -0.15) is 5.10 Å². The van der Waals surface area contributed by atoms with E-state index >= 15 is 0 Å². The number of aryl methyl sites for hydroxylation is 1. The van der Waals surface area contributed by atoms with Gasteiger partial charge in [0.1, 0.15) is 0 Å². The summed E-state index contributed by atoms with van der Waals surface area (Å²) in [5, 5.41) is 7.35. The number of benzene rings is 1. The van der Waals surface area contributed by atoms with Crippen molar-refractivity contribution >= 4 is 28.6 Å². The maximum atomic E-state index is 12.8. The van der Waals surface area contributed by atoms with Crippen molar-refractivity contribution in [1.82, 2.24) is 15.2 Å². The van der Waals surface area contributed by atoms with Crippen LogP contribution in [-0.2, 0) is 9.47 Å². The molecule has 3 rings (SSSR count). The van der Waals surface area contributed by atoms with E-state index in [1.165, 1.54) is 6.92 Å². The highest BCUT2D eigenvalue weighted by molar-refractivity contribution is 6.06. The number of carbonyl (C=O) groups excluding carboxylic acids is 3. The largest absolute Gasteiger partial charge is 0.462 e. The van der Waals surface area contributed by atoms with Crippen LogP contribution in [0.5, 0.6) is 0 Å². The number of hydrogen-bond acceptors (Lipinski definition) is 6. The zero-order valence-corrected chi connectivity index (χ0v) is 16.1. The Bertz CT molecular complexity index is 1060. The fourth-order valence-corrected chi connectivity index (χ4v) is 3.10. The number of fused-ring (bicyclic) bond motifs is 1. The molecule has 2 aromatic heterocycles. The Kier molecular flexibility index (Phi) is 5.30. The first-order chi connectivity index (χ1) is 13.3. The van der Waals surface area contributed by atoms with Crippen LogP contribution in [0.3, 0.4) is 0 Å². The first kappa shape index (κ1) is 19.3. The quantitative estimate of drug-likeness (QED) is 0.499. The Morgan fingerprint density at radius 1 is 1.14 bits per heavy atom. The van der Waals surface area contributed by atoms with Crippen molar-refractivity contribution in [2.24, 2.45) is 0 Å². The van der Waals surface area contributed by atoms with E-state index in [-0.39, 0.29) is 18.0 Å². The van der Waals surface area contributed by atoms with Gasteiger partial charge in [-0.15, -0.1) is 0 Å². The molecule has 0 aliphatic rings. The summed E-state index contributed by atoms with van der Waals surface area (Å²) in [5.74, 6) is -1.64. The number of esters is 2. The molecule has 0 bridgehead atoms. The smallest absolute Gasteiger partial charge is 0.360 e. The molecule has 0 radical (unpaired) electrons. The van der Waals surface area contributed by atoms with Crippen LogP contribution in [0.1, 0.15) is 56.4 Å². The van der Waals surface area contributed by atoms with Gasteiger partial charge in [-0.05, 0) is 39.3 Å². The van der Waals surface area contributed by atoms with Crippen LogP contribution in [0.25, 0.3) is 10.9 Å². The van der Waals surface area contributed by atoms with E-state index in [2.05, 4.69) is 15.2 Å². The normalized spacial score (nSPS) is 12.0. The lowest BCUT2D eigenvalue weighted by atomic mass is 10.1. The number of para-hydroxylation sites is 1. The van der Waals surface area contributed by atoms with Gasteiger partial charge < -0.3 is 14.5 Å². The molecule has 2 heterocycles. The molecule has 1 atom stereocenters. The van der Waals surface area contributed by atoms with Gasteiger partial charge in [-0.1, -0.05) is 18.2 Å². The van der Waals surface area contributed by atoms with Gasteiger partial charge in [0.2, 0.25) is 5.78 Å². The van der Waals surface area contributed by atoms with Gasteiger partial charge in [0.05, 0.1) is 23.4 Å². The first-order valence-corrected chi connectivity index (χ1v) is 8.89. The van der Waals surface area contributed by atoms with Gasteiger partial charge in [-0.25, -0.2) is 9.59 Å². The predicted molar refractivity (Wildman–Crippen MR) is 102 cm³/mol. The molecular weight excluding hydrogens is 362 g/mol. The lowest BCUT2D eigenvalue weighted by Gasteiger charge is -2.11. The lowest BCUT2D eigenvalue weighted by molar-refractivity contribution is 0.0312. The molecule has 146 valence electrons. The van der Waals surface area contributed by atoms with E-state index in [0.717, 1.165) is 0 Å². The molecule has 0 aliphatic heterocycles. The summed E-state index contributed by atoms with van der Waals surface area (Å²) in [5.41, 5.74) is 2.34. The molecule has 1 unspecified atom stereocenters. The molecule has 0 fully saturated rings. The second kappa shape index (κ2) is 7.67. The minimum absolute atomic E-state index is 0.113. The number of nitrogens with one attached hydrogen (secondary N) is 2. The number of ether oxygens (including phenoxy) is 2. The average Bonchev–Trinajstić information content (AvgIpc) is 3.22. The van der Waals surface area contributed by atoms with Crippen molar-refractivity contribution in [3.8, 4) is 0 Å². The molecular formula is C20H21N3O5. The number of hydrogen-bond donors (Lipinski definition) is 2. The summed E-state index contributed by atoms with van der Waals surface area (Å²) in [6, 6.07) is 7.13. The monoisotopic (exact) mass is 383 g/mol. The van der Waals surface area contributed by atoms with Crippen LogP contribution in [-0.4, -0.2) is 45.6 Å². The molecule has 1 aromatic carbocycles. The summed E-state index contributed by atoms with van der Waals surface area (Å²) in [6.07, 6.45) is -1.06. The molecule has 0 saturated heterocycles. The van der Waals surface area contributed by atoms with E-state index in [4.69, 9.17) is 9.47 Å². The van der Waals surface area contributed by atoms with Crippen molar-refractivity contribution in [2.45, 2.75) is 33.8 Å². The van der Waals surface area contributed by atoms with Gasteiger partial charge in [-0.3, -0.25) is 9.89 Å². The van der Waals surface area contributed by atoms with Crippen LogP contribution in [0.4, 0.5) is 0 Å². The van der Waals surface area contributed by atoms with Crippen molar-refractivity contribution in [1.29, 1.82) is 0 Å². The number of nitrogens with zero attached hydrogens (tertiary/aromatic N) is 1. The van der Waals surface area contributed by atoms with E-state index in [9.17, 15) is 14.4 Å². The highest BCUT2D eigenvalue weighted by atomic mass is 16.5. The summed E-state index contributed by atoms with van der Waals surface area (Å²) in [7, 11) is 0. The standard InChI is InChI=1S/C20H21N3O5/c1-5-27-19(25)15-10(2)16(21-11(15)3)18(24)12(4)28-20(26)17-13-8-6-7-9-14(13)22-23-17/h6-9,12,21H,5H2,1-4H3,(H,22,23). The van der Waals surface area contributed by atoms with Crippen molar-refractivity contribution < 1.29 is 23.9 Å². The fourth-order valence-electron chi connectivity index (χ4n) is 3.10. The molecule has 2 N–H and O–H groups in total. The molecule has 8 heteroatoms. The first-order valence-electron chi connectivity index (χ1n) is 8.89. The van der Waals surface area contributed by atoms with E-state index < -0.39 is 23.8 Å². The number of carbonyl (C=O) groups is 3. The van der Waals surface area contributed by atoms with E-state index in [1.807, 2.05) is 6.07 Å². The van der Waals surface area contributed by atoms with Crippen molar-refractivity contribution in [3.63, 3.8) is 0 Å². The number of ketones is 1. The Balaban J connectivity index is 1.80. The number of H-pyrrole nitrogens is 2. The maximum Gasteiger partial charge on any atom is 0.360 e. The van der Waals surface area contributed by atoms with Crippen molar-refractivity contribution in [2.75, 3.05) is 6.61 Å². The summed E-state index contributed by atoms with van der Waals surface area (Å²) < 4.78 is 10.4. The summed E-state index contributed by atoms with van der Waals surface area (Å²) >= 11 is 0. The highest BCUT2D eigenvalue weighted by Crippen LogP contribution is 2.22. The highest BCUT2D eigenvalue weighted by Gasteiger charge is 2.28. The van der Waals surface area contributed by atoms with Crippen LogP contribution in [0.2, 0.25) is 0 Å². The second-order valence-electron chi connectivity index (χ2n) is 6.38. The third-order valence-corrected chi connectivity index (χ3v) is 4.48. The number of rotatable bonds is 6. The zero-order chi connectivity index (χ0) is 20.4. The predicted octanol–water partition coefficient (Wildman–Crippen LogP) is 3.11. The molecule has 8 nitrogen and oxygen atoms in total. The average molecular weight is 383 g/mol. The van der Waals surface area contributed by atoms with Gasteiger partial charge in [0, 0.05) is 11.1 Å². The Hall–Kier alpha value is -3.42. The molecule has 0 spiro atoms. The molecule has 3 aromatic rings. The number of Topliss-reactive ketones (excluding diaryl/α,β-unsaturated/α-hetero) is 1. The van der Waals surface area contributed by atoms with Gasteiger partial charge >= 0.3 is 11.9 Å². The minimum Gasteiger partial charge on any atom is -0.462 e. The zero-order valence-electron chi connectivity index (χ0n) is 16.1. The van der Waals surface area contributed by atoms with Crippen LogP contribution >= 0.6 is 0 Å². The Morgan fingerprint density at radius 3 is 2.57 bits per heavy atom. The third kappa shape index (κ3) is 3.40. The SMILES string of the molecule is CCOC(=O)c1c(C)[nH]c(C(=O)C(C)OC(=O)c2n[nH]c3ccccc23)c1C. The minimum atomic E-state index is -1.06. The third-order valence-electron chi connectivity index (χ3n) is 4.48. The topological polar surface area (TPSA) is 114 Å². The van der Waals surface area contributed by atoms with E-state index in [1.54, 1.807) is 39.0 Å².